The molecule has 1 aromatic heterocycles. The van der Waals surface area contributed by atoms with E-state index in [9.17, 15) is 18.4 Å². The molecule has 0 aliphatic carbocycles. The average Bonchev–Trinajstić information content (AvgIpc) is 3.02. The lowest BCUT2D eigenvalue weighted by Crippen LogP contribution is -2.32. The first-order valence-corrected chi connectivity index (χ1v) is 7.73. The van der Waals surface area contributed by atoms with E-state index in [2.05, 4.69) is 20.8 Å². The SMILES string of the molecule is CCOc1ccc(C(=O)NCC(=O)Nc2nnc(C(F)F)s2)cc1. The zero-order valence-electron chi connectivity index (χ0n) is 12.6. The van der Waals surface area contributed by atoms with Crippen molar-refractivity contribution in [2.75, 3.05) is 18.5 Å². The van der Waals surface area contributed by atoms with Gasteiger partial charge in [-0.05, 0) is 31.2 Å². The van der Waals surface area contributed by atoms with E-state index in [-0.39, 0.29) is 11.7 Å². The smallest absolute Gasteiger partial charge is 0.291 e. The Kier molecular flexibility index (Phi) is 6.13. The van der Waals surface area contributed by atoms with Crippen molar-refractivity contribution in [1.29, 1.82) is 0 Å². The van der Waals surface area contributed by atoms with Crippen LogP contribution in [0.25, 0.3) is 0 Å². The summed E-state index contributed by atoms with van der Waals surface area (Å²) in [5, 5.41) is 10.8. The van der Waals surface area contributed by atoms with Crippen LogP contribution in [-0.4, -0.2) is 35.2 Å². The molecule has 24 heavy (non-hydrogen) atoms. The lowest BCUT2D eigenvalue weighted by Gasteiger charge is -2.06. The van der Waals surface area contributed by atoms with Crippen LogP contribution in [0.3, 0.4) is 0 Å². The fourth-order valence-electron chi connectivity index (χ4n) is 1.67. The van der Waals surface area contributed by atoms with Gasteiger partial charge in [0, 0.05) is 5.56 Å². The van der Waals surface area contributed by atoms with Crippen molar-refractivity contribution in [3.63, 3.8) is 0 Å². The number of carbonyl (C=O) groups is 2. The van der Waals surface area contributed by atoms with Crippen molar-refractivity contribution in [2.45, 2.75) is 13.3 Å². The largest absolute Gasteiger partial charge is 0.494 e. The van der Waals surface area contributed by atoms with Crippen LogP contribution in [0, 0.1) is 0 Å². The average molecular weight is 356 g/mol. The number of ether oxygens (including phenoxy) is 1. The standard InChI is InChI=1S/C14H14F2N4O3S/c1-2-23-9-5-3-8(4-6-9)12(22)17-7-10(21)18-14-20-19-13(24-14)11(15)16/h3-6,11H,2,7H2,1H3,(H,17,22)(H,18,20,21). The predicted molar refractivity (Wildman–Crippen MR) is 83.4 cm³/mol. The van der Waals surface area contributed by atoms with Crippen LogP contribution in [-0.2, 0) is 4.79 Å². The highest BCUT2D eigenvalue weighted by molar-refractivity contribution is 7.15. The molecule has 2 rings (SSSR count). The third-order valence-electron chi connectivity index (χ3n) is 2.71. The number of halogens is 2. The molecule has 7 nitrogen and oxygen atoms in total. The van der Waals surface area contributed by atoms with E-state index in [1.165, 1.54) is 0 Å². The van der Waals surface area contributed by atoms with Crippen LogP contribution in [0.15, 0.2) is 24.3 Å². The quantitative estimate of drug-likeness (QED) is 0.794. The first-order valence-electron chi connectivity index (χ1n) is 6.92. The molecule has 0 bridgehead atoms. The fraction of sp³-hybridized carbons (Fsp3) is 0.286. The number of carbonyl (C=O) groups excluding carboxylic acids is 2. The Labute approximate surface area is 140 Å². The Balaban J connectivity index is 1.82. The lowest BCUT2D eigenvalue weighted by atomic mass is 10.2. The summed E-state index contributed by atoms with van der Waals surface area (Å²) in [7, 11) is 0. The molecule has 0 radical (unpaired) electrons. The number of anilines is 1. The maximum absolute atomic E-state index is 12.4. The third-order valence-corrected chi connectivity index (χ3v) is 3.56. The summed E-state index contributed by atoms with van der Waals surface area (Å²) < 4.78 is 30.0. The molecule has 2 amide bonds. The molecular formula is C14H14F2N4O3S. The normalized spacial score (nSPS) is 10.5. The van der Waals surface area contributed by atoms with Gasteiger partial charge >= 0.3 is 0 Å². The topological polar surface area (TPSA) is 93.2 Å². The van der Waals surface area contributed by atoms with Crippen molar-refractivity contribution < 1.29 is 23.1 Å². The van der Waals surface area contributed by atoms with Crippen molar-refractivity contribution >= 4 is 28.3 Å². The zero-order chi connectivity index (χ0) is 17.5. The first kappa shape index (κ1) is 17.7. The number of alkyl halides is 2. The summed E-state index contributed by atoms with van der Waals surface area (Å²) in [5.74, 6) is -0.400. The van der Waals surface area contributed by atoms with Gasteiger partial charge in [0.25, 0.3) is 12.3 Å². The molecule has 2 aromatic rings. The number of rotatable bonds is 7. The van der Waals surface area contributed by atoms with E-state index in [1.807, 2.05) is 6.92 Å². The second kappa shape index (κ2) is 8.29. The molecule has 0 saturated heterocycles. The monoisotopic (exact) mass is 356 g/mol. The van der Waals surface area contributed by atoms with Gasteiger partial charge in [0.15, 0.2) is 5.01 Å². The molecule has 1 aromatic carbocycles. The first-order chi connectivity index (χ1) is 11.5. The van der Waals surface area contributed by atoms with Gasteiger partial charge in [-0.25, -0.2) is 8.78 Å². The van der Waals surface area contributed by atoms with Gasteiger partial charge in [0.1, 0.15) is 5.75 Å². The minimum atomic E-state index is -2.74. The summed E-state index contributed by atoms with van der Waals surface area (Å²) in [6.07, 6.45) is -2.74. The van der Waals surface area contributed by atoms with E-state index in [0.29, 0.717) is 29.3 Å². The Bertz CT molecular complexity index is 706. The van der Waals surface area contributed by atoms with Gasteiger partial charge in [-0.1, -0.05) is 11.3 Å². The number of amides is 2. The van der Waals surface area contributed by atoms with Gasteiger partial charge < -0.3 is 10.1 Å². The van der Waals surface area contributed by atoms with Crippen LogP contribution >= 0.6 is 11.3 Å². The molecule has 1 heterocycles. The van der Waals surface area contributed by atoms with Gasteiger partial charge in [-0.2, -0.15) is 0 Å². The molecule has 0 aliphatic heterocycles. The number of aromatic nitrogens is 2. The van der Waals surface area contributed by atoms with E-state index in [0.717, 1.165) is 0 Å². The summed E-state index contributed by atoms with van der Waals surface area (Å²) in [5.41, 5.74) is 0.363. The van der Waals surface area contributed by atoms with Gasteiger partial charge in [0.2, 0.25) is 11.0 Å². The number of nitrogens with one attached hydrogen (secondary N) is 2. The Morgan fingerprint density at radius 1 is 1.25 bits per heavy atom. The predicted octanol–water partition coefficient (Wildman–Crippen LogP) is 2.24. The minimum absolute atomic E-state index is 0.0504. The van der Waals surface area contributed by atoms with E-state index < -0.39 is 23.2 Å². The number of hydrogen-bond acceptors (Lipinski definition) is 6. The van der Waals surface area contributed by atoms with Gasteiger partial charge in [0.05, 0.1) is 13.2 Å². The second-order valence-corrected chi connectivity index (χ2v) is 5.44. The lowest BCUT2D eigenvalue weighted by molar-refractivity contribution is -0.115. The van der Waals surface area contributed by atoms with Crippen molar-refractivity contribution in [3.8, 4) is 5.75 Å². The van der Waals surface area contributed by atoms with Crippen molar-refractivity contribution in [3.05, 3.63) is 34.8 Å². The summed E-state index contributed by atoms with van der Waals surface area (Å²) in [6.45, 7) is 2.04. The Hall–Kier alpha value is -2.62. The van der Waals surface area contributed by atoms with Crippen LogP contribution in [0.2, 0.25) is 0 Å². The van der Waals surface area contributed by atoms with E-state index in [1.54, 1.807) is 24.3 Å². The highest BCUT2D eigenvalue weighted by atomic mass is 32.1. The van der Waals surface area contributed by atoms with Crippen LogP contribution in [0.5, 0.6) is 5.75 Å². The van der Waals surface area contributed by atoms with Crippen LogP contribution in [0.4, 0.5) is 13.9 Å². The molecular weight excluding hydrogens is 342 g/mol. The van der Waals surface area contributed by atoms with Gasteiger partial charge in [-0.15, -0.1) is 10.2 Å². The Morgan fingerprint density at radius 3 is 2.54 bits per heavy atom. The summed E-state index contributed by atoms with van der Waals surface area (Å²) in [4.78, 5) is 23.6. The maximum Gasteiger partial charge on any atom is 0.291 e. The zero-order valence-corrected chi connectivity index (χ0v) is 13.4. The number of benzene rings is 1. The van der Waals surface area contributed by atoms with E-state index >= 15 is 0 Å². The van der Waals surface area contributed by atoms with Crippen molar-refractivity contribution in [1.82, 2.24) is 15.5 Å². The highest BCUT2D eigenvalue weighted by Crippen LogP contribution is 2.24. The molecule has 0 unspecified atom stereocenters. The Morgan fingerprint density at radius 2 is 1.96 bits per heavy atom. The fourth-order valence-corrected chi connectivity index (χ4v) is 2.28. The second-order valence-electron chi connectivity index (χ2n) is 4.43. The number of nitrogens with zero attached hydrogens (tertiary/aromatic N) is 2. The molecule has 10 heteroatoms. The molecule has 2 N–H and O–H groups in total. The molecule has 0 saturated carbocycles. The van der Waals surface area contributed by atoms with E-state index in [4.69, 9.17) is 4.74 Å². The highest BCUT2D eigenvalue weighted by Gasteiger charge is 2.15. The van der Waals surface area contributed by atoms with Crippen LogP contribution in [0.1, 0.15) is 28.7 Å². The van der Waals surface area contributed by atoms with Gasteiger partial charge in [-0.3, -0.25) is 14.9 Å². The number of hydrogen-bond donors (Lipinski definition) is 2. The third kappa shape index (κ3) is 4.95. The summed E-state index contributed by atoms with van der Waals surface area (Å²) >= 11 is 0.575. The molecule has 0 atom stereocenters. The summed E-state index contributed by atoms with van der Waals surface area (Å²) in [6, 6.07) is 6.42. The molecule has 128 valence electrons. The molecule has 0 spiro atoms. The molecule has 0 fully saturated rings. The van der Waals surface area contributed by atoms with Crippen molar-refractivity contribution in [2.24, 2.45) is 0 Å². The van der Waals surface area contributed by atoms with Crippen LogP contribution < -0.4 is 15.4 Å². The molecule has 0 aliphatic rings. The maximum atomic E-state index is 12.4. The minimum Gasteiger partial charge on any atom is -0.494 e.